The minimum absolute atomic E-state index is 0.616. The highest BCUT2D eigenvalue weighted by molar-refractivity contribution is 5.55. The number of ether oxygens (including phenoxy) is 2. The predicted molar refractivity (Wildman–Crippen MR) is 75.3 cm³/mol. The number of benzene rings is 1. The van der Waals surface area contributed by atoms with Gasteiger partial charge in [0, 0.05) is 24.0 Å². The van der Waals surface area contributed by atoms with Crippen LogP contribution in [0.3, 0.4) is 0 Å². The van der Waals surface area contributed by atoms with Gasteiger partial charge in [0.2, 0.25) is 0 Å². The van der Waals surface area contributed by atoms with Gasteiger partial charge in [-0.3, -0.25) is 0 Å². The Morgan fingerprint density at radius 3 is 2.90 bits per heavy atom. The zero-order valence-corrected chi connectivity index (χ0v) is 11.2. The van der Waals surface area contributed by atoms with E-state index < -0.39 is 0 Å². The summed E-state index contributed by atoms with van der Waals surface area (Å²) in [6, 6.07) is 6.63. The Morgan fingerprint density at radius 2 is 2.05 bits per heavy atom. The van der Waals surface area contributed by atoms with Crippen LogP contribution in [-0.4, -0.2) is 22.8 Å². The van der Waals surface area contributed by atoms with Gasteiger partial charge in [0.1, 0.15) is 13.2 Å². The molecule has 0 saturated heterocycles. The highest BCUT2D eigenvalue weighted by atomic mass is 16.6. The highest BCUT2D eigenvalue weighted by Gasteiger charge is 2.25. The molecule has 0 amide bonds. The normalized spacial score (nSPS) is 17.0. The fraction of sp³-hybridized carbons (Fsp3) is 0.400. The lowest BCUT2D eigenvalue weighted by atomic mass is 10.2. The first-order valence-corrected chi connectivity index (χ1v) is 7.04. The average molecular weight is 271 g/mol. The van der Waals surface area contributed by atoms with Gasteiger partial charge in [0.15, 0.2) is 11.5 Å². The van der Waals surface area contributed by atoms with Gasteiger partial charge >= 0.3 is 0 Å². The lowest BCUT2D eigenvalue weighted by molar-refractivity contribution is 0.171. The van der Waals surface area contributed by atoms with E-state index in [0.717, 1.165) is 23.7 Å². The quantitative estimate of drug-likeness (QED) is 0.928. The molecule has 1 aromatic carbocycles. The van der Waals surface area contributed by atoms with Crippen molar-refractivity contribution in [1.82, 2.24) is 9.55 Å². The molecule has 0 spiro atoms. The van der Waals surface area contributed by atoms with Gasteiger partial charge in [0.25, 0.3) is 0 Å². The molecule has 104 valence electrons. The summed E-state index contributed by atoms with van der Waals surface area (Å²) in [4.78, 5) is 4.24. The van der Waals surface area contributed by atoms with E-state index in [0.29, 0.717) is 19.3 Å². The summed E-state index contributed by atoms with van der Waals surface area (Å²) in [7, 11) is 0. The van der Waals surface area contributed by atoms with Crippen LogP contribution in [0.5, 0.6) is 11.5 Å². The first-order valence-electron chi connectivity index (χ1n) is 7.04. The molecule has 5 heteroatoms. The number of hydrogen-bond donors (Lipinski definition) is 1. The number of imidazole rings is 1. The van der Waals surface area contributed by atoms with Crippen LogP contribution in [0.1, 0.15) is 24.6 Å². The molecular weight excluding hydrogens is 254 g/mol. The molecule has 0 radical (unpaired) electrons. The summed E-state index contributed by atoms with van der Waals surface area (Å²) in [6.45, 7) is 2.02. The molecule has 2 aromatic rings. The smallest absolute Gasteiger partial charge is 0.163 e. The summed E-state index contributed by atoms with van der Waals surface area (Å²) in [5.74, 6) is 1.64. The summed E-state index contributed by atoms with van der Waals surface area (Å²) in [6.07, 6.45) is 6.41. The maximum absolute atomic E-state index is 5.59. The number of nitrogens with zero attached hydrogens (tertiary/aromatic N) is 2. The molecule has 0 bridgehead atoms. The van der Waals surface area contributed by atoms with Gasteiger partial charge < -0.3 is 19.4 Å². The standard InChI is InChI=1S/C15H17N3O2/c1-4-14-15(20-6-5-19-14)7-11(1)17-9-13-8-16-10-18(13)12-2-3-12/h1,4,7-8,10,12,17H,2-3,5-6,9H2. The first-order chi connectivity index (χ1) is 9.90. The van der Waals surface area contributed by atoms with E-state index in [1.807, 2.05) is 30.7 Å². The van der Waals surface area contributed by atoms with Gasteiger partial charge in [-0.2, -0.15) is 0 Å². The van der Waals surface area contributed by atoms with Crippen molar-refractivity contribution < 1.29 is 9.47 Å². The molecule has 4 rings (SSSR count). The van der Waals surface area contributed by atoms with Crippen molar-refractivity contribution in [3.63, 3.8) is 0 Å². The van der Waals surface area contributed by atoms with Crippen molar-refractivity contribution in [2.75, 3.05) is 18.5 Å². The molecule has 1 N–H and O–H groups in total. The van der Waals surface area contributed by atoms with E-state index in [4.69, 9.17) is 9.47 Å². The topological polar surface area (TPSA) is 48.3 Å². The van der Waals surface area contributed by atoms with Crippen LogP contribution in [0.15, 0.2) is 30.7 Å². The number of nitrogens with one attached hydrogen (secondary N) is 1. The maximum Gasteiger partial charge on any atom is 0.163 e. The fourth-order valence-corrected chi connectivity index (χ4v) is 2.50. The number of anilines is 1. The lowest BCUT2D eigenvalue weighted by Crippen LogP contribution is -2.15. The number of aromatic nitrogens is 2. The van der Waals surface area contributed by atoms with Gasteiger partial charge in [-0.15, -0.1) is 0 Å². The fourth-order valence-electron chi connectivity index (χ4n) is 2.50. The largest absolute Gasteiger partial charge is 0.486 e. The van der Waals surface area contributed by atoms with Crippen molar-refractivity contribution in [2.45, 2.75) is 25.4 Å². The van der Waals surface area contributed by atoms with Crippen molar-refractivity contribution in [3.05, 3.63) is 36.4 Å². The summed E-state index contributed by atoms with van der Waals surface area (Å²) < 4.78 is 13.4. The van der Waals surface area contributed by atoms with E-state index in [-0.39, 0.29) is 0 Å². The van der Waals surface area contributed by atoms with Gasteiger partial charge in [-0.25, -0.2) is 4.98 Å². The third-order valence-electron chi connectivity index (χ3n) is 3.70. The predicted octanol–water partition coefficient (Wildman–Crippen LogP) is 2.60. The second kappa shape index (κ2) is 4.74. The van der Waals surface area contributed by atoms with Crippen molar-refractivity contribution in [2.24, 2.45) is 0 Å². The molecule has 1 aliphatic heterocycles. The molecule has 20 heavy (non-hydrogen) atoms. The number of hydrogen-bond acceptors (Lipinski definition) is 4. The van der Waals surface area contributed by atoms with Crippen LogP contribution in [0, 0.1) is 0 Å². The minimum atomic E-state index is 0.616. The zero-order chi connectivity index (χ0) is 13.4. The van der Waals surface area contributed by atoms with E-state index in [1.165, 1.54) is 18.5 Å². The summed E-state index contributed by atoms with van der Waals surface area (Å²) in [5.41, 5.74) is 2.26. The first kappa shape index (κ1) is 11.6. The molecule has 2 heterocycles. The number of rotatable bonds is 4. The maximum atomic E-state index is 5.59. The minimum Gasteiger partial charge on any atom is -0.486 e. The molecular formula is C15H17N3O2. The number of fused-ring (bicyclic) bond motifs is 1. The van der Waals surface area contributed by atoms with Crippen molar-refractivity contribution in [1.29, 1.82) is 0 Å². The van der Waals surface area contributed by atoms with Crippen LogP contribution >= 0.6 is 0 Å². The van der Waals surface area contributed by atoms with Gasteiger partial charge in [-0.1, -0.05) is 0 Å². The van der Waals surface area contributed by atoms with Gasteiger partial charge in [0.05, 0.1) is 18.6 Å². The third kappa shape index (κ3) is 2.19. The Balaban J connectivity index is 1.47. The van der Waals surface area contributed by atoms with Crippen molar-refractivity contribution >= 4 is 5.69 Å². The zero-order valence-electron chi connectivity index (χ0n) is 11.2. The van der Waals surface area contributed by atoms with E-state index in [1.54, 1.807) is 0 Å². The van der Waals surface area contributed by atoms with Crippen LogP contribution in [-0.2, 0) is 6.54 Å². The Kier molecular flexibility index (Phi) is 2.76. The molecule has 0 unspecified atom stereocenters. The molecule has 1 aliphatic carbocycles. The molecule has 1 saturated carbocycles. The second-order valence-electron chi connectivity index (χ2n) is 5.24. The van der Waals surface area contributed by atoms with Crippen molar-refractivity contribution in [3.8, 4) is 11.5 Å². The Labute approximate surface area is 117 Å². The molecule has 1 aromatic heterocycles. The monoisotopic (exact) mass is 271 g/mol. The summed E-state index contributed by atoms with van der Waals surface area (Å²) >= 11 is 0. The second-order valence-corrected chi connectivity index (χ2v) is 5.24. The average Bonchev–Trinajstić information content (AvgIpc) is 3.23. The molecule has 5 nitrogen and oxygen atoms in total. The Morgan fingerprint density at radius 1 is 1.20 bits per heavy atom. The molecule has 1 fully saturated rings. The summed E-state index contributed by atoms with van der Waals surface area (Å²) in [5, 5.41) is 3.42. The van der Waals surface area contributed by atoms with E-state index >= 15 is 0 Å². The van der Waals surface area contributed by atoms with Crippen LogP contribution in [0.2, 0.25) is 0 Å². The third-order valence-corrected chi connectivity index (χ3v) is 3.70. The Bertz CT molecular complexity index is 619. The van der Waals surface area contributed by atoms with Crippen LogP contribution in [0.4, 0.5) is 5.69 Å². The van der Waals surface area contributed by atoms with E-state index in [2.05, 4.69) is 14.9 Å². The van der Waals surface area contributed by atoms with Crippen LogP contribution in [0.25, 0.3) is 0 Å². The SMILES string of the molecule is c1cc2c(cc1NCc1cncn1C1CC1)OCCO2. The van der Waals surface area contributed by atoms with Crippen LogP contribution < -0.4 is 14.8 Å². The highest BCUT2D eigenvalue weighted by Crippen LogP contribution is 2.36. The van der Waals surface area contributed by atoms with E-state index in [9.17, 15) is 0 Å². The Hall–Kier alpha value is -2.17. The molecule has 0 atom stereocenters. The van der Waals surface area contributed by atoms with Gasteiger partial charge in [-0.05, 0) is 25.0 Å². The lowest BCUT2D eigenvalue weighted by Gasteiger charge is -2.19. The molecule has 2 aliphatic rings.